The van der Waals surface area contributed by atoms with Gasteiger partial charge in [0.25, 0.3) is 0 Å². The Balaban J connectivity index is 4.05. The SMILES string of the molecule is C#CCCN(CCOCCCNC(=O)C(F)(F)F)C(=O)OC(C)(C)C. The van der Waals surface area contributed by atoms with E-state index in [-0.39, 0.29) is 32.7 Å². The second kappa shape index (κ2) is 10.8. The maximum atomic E-state index is 12.0. The Morgan fingerprint density at radius 1 is 1.16 bits per heavy atom. The lowest BCUT2D eigenvalue weighted by atomic mass is 10.2. The average molecular weight is 366 g/mol. The van der Waals surface area contributed by atoms with Crippen LogP contribution in [0.3, 0.4) is 0 Å². The maximum absolute atomic E-state index is 12.0. The van der Waals surface area contributed by atoms with Crippen molar-refractivity contribution >= 4 is 12.0 Å². The van der Waals surface area contributed by atoms with Crippen molar-refractivity contribution in [1.29, 1.82) is 0 Å². The highest BCUT2D eigenvalue weighted by molar-refractivity contribution is 5.81. The summed E-state index contributed by atoms with van der Waals surface area (Å²) < 4.78 is 46.4. The Kier molecular flexibility index (Phi) is 9.98. The number of nitrogens with one attached hydrogen (secondary N) is 1. The van der Waals surface area contributed by atoms with Gasteiger partial charge in [0.05, 0.1) is 6.61 Å². The van der Waals surface area contributed by atoms with Crippen molar-refractivity contribution in [1.82, 2.24) is 10.2 Å². The number of halogens is 3. The molecule has 0 fully saturated rings. The number of alkyl halides is 3. The van der Waals surface area contributed by atoms with Crippen LogP contribution >= 0.6 is 0 Å². The number of amides is 2. The predicted octanol–water partition coefficient (Wildman–Crippen LogP) is 2.33. The molecule has 0 saturated carbocycles. The van der Waals surface area contributed by atoms with E-state index in [1.165, 1.54) is 4.90 Å². The summed E-state index contributed by atoms with van der Waals surface area (Å²) >= 11 is 0. The number of carbonyl (C=O) groups excluding carboxylic acids is 2. The molecule has 2 amide bonds. The second-order valence-corrected chi connectivity index (χ2v) is 6.14. The highest BCUT2D eigenvalue weighted by Crippen LogP contribution is 2.13. The summed E-state index contributed by atoms with van der Waals surface area (Å²) in [5.41, 5.74) is -0.636. The van der Waals surface area contributed by atoms with Crippen LogP contribution in [0.2, 0.25) is 0 Å². The molecule has 0 unspecified atom stereocenters. The number of terminal acetylenes is 1. The minimum atomic E-state index is -4.88. The molecular formula is C16H25F3N2O4. The first kappa shape index (κ1) is 23.1. The average Bonchev–Trinajstić information content (AvgIpc) is 2.46. The number of nitrogens with zero attached hydrogens (tertiary/aromatic N) is 1. The Labute approximate surface area is 146 Å². The molecule has 6 nitrogen and oxygen atoms in total. The van der Waals surface area contributed by atoms with Gasteiger partial charge < -0.3 is 19.7 Å². The molecule has 0 rings (SSSR count). The van der Waals surface area contributed by atoms with Crippen LogP contribution in [-0.4, -0.2) is 61.5 Å². The fourth-order valence-electron chi connectivity index (χ4n) is 1.57. The van der Waals surface area contributed by atoms with Crippen LogP contribution in [-0.2, 0) is 14.3 Å². The Morgan fingerprint density at radius 2 is 1.80 bits per heavy atom. The van der Waals surface area contributed by atoms with Gasteiger partial charge in [-0.25, -0.2) is 4.79 Å². The molecule has 0 spiro atoms. The third-order valence-corrected chi connectivity index (χ3v) is 2.69. The molecule has 0 aliphatic heterocycles. The topological polar surface area (TPSA) is 67.9 Å². The van der Waals surface area contributed by atoms with Crippen molar-refractivity contribution in [2.75, 3.05) is 32.8 Å². The molecule has 0 radical (unpaired) electrons. The van der Waals surface area contributed by atoms with Gasteiger partial charge in [0.1, 0.15) is 5.60 Å². The first-order valence-electron chi connectivity index (χ1n) is 7.81. The maximum Gasteiger partial charge on any atom is 0.471 e. The molecule has 0 aromatic carbocycles. The van der Waals surface area contributed by atoms with Crippen molar-refractivity contribution in [3.8, 4) is 12.3 Å². The van der Waals surface area contributed by atoms with Crippen LogP contribution in [0.15, 0.2) is 0 Å². The molecule has 0 aliphatic rings. The van der Waals surface area contributed by atoms with Crippen molar-refractivity contribution in [2.24, 2.45) is 0 Å². The van der Waals surface area contributed by atoms with Gasteiger partial charge in [-0.2, -0.15) is 13.2 Å². The van der Waals surface area contributed by atoms with Crippen molar-refractivity contribution in [2.45, 2.75) is 45.4 Å². The third kappa shape index (κ3) is 12.1. The Hall–Kier alpha value is -1.95. The lowest BCUT2D eigenvalue weighted by molar-refractivity contribution is -0.173. The molecule has 0 heterocycles. The van der Waals surface area contributed by atoms with Gasteiger partial charge in [-0.1, -0.05) is 0 Å². The molecule has 0 atom stereocenters. The molecule has 144 valence electrons. The molecule has 1 N–H and O–H groups in total. The summed E-state index contributed by atoms with van der Waals surface area (Å²) in [4.78, 5) is 24.0. The summed E-state index contributed by atoms with van der Waals surface area (Å²) in [7, 11) is 0. The summed E-state index contributed by atoms with van der Waals surface area (Å²) in [5, 5.41) is 1.74. The van der Waals surface area contributed by atoms with Crippen molar-refractivity contribution in [3.63, 3.8) is 0 Å². The van der Waals surface area contributed by atoms with Gasteiger partial charge >= 0.3 is 18.2 Å². The van der Waals surface area contributed by atoms with E-state index in [9.17, 15) is 22.8 Å². The van der Waals surface area contributed by atoms with Crippen LogP contribution in [0.4, 0.5) is 18.0 Å². The Bertz CT molecular complexity index is 467. The number of hydrogen-bond donors (Lipinski definition) is 1. The van der Waals surface area contributed by atoms with Gasteiger partial charge in [-0.3, -0.25) is 4.79 Å². The smallest absolute Gasteiger partial charge is 0.444 e. The second-order valence-electron chi connectivity index (χ2n) is 6.14. The van der Waals surface area contributed by atoms with Crippen molar-refractivity contribution in [3.05, 3.63) is 0 Å². The standard InChI is InChI=1S/C16H25F3N2O4/c1-5-6-9-21(14(23)25-15(2,3)4)10-12-24-11-7-8-20-13(22)16(17,18)19/h1H,6-12H2,2-4H3,(H,20,22). The fourth-order valence-corrected chi connectivity index (χ4v) is 1.57. The summed E-state index contributed by atoms with van der Waals surface area (Å²) in [6.07, 6.45) is 0.385. The van der Waals surface area contributed by atoms with Gasteiger partial charge in [0, 0.05) is 32.7 Å². The van der Waals surface area contributed by atoms with Crippen LogP contribution in [0.25, 0.3) is 0 Å². The number of ether oxygens (including phenoxy) is 2. The molecule has 0 aromatic rings. The lowest BCUT2D eigenvalue weighted by Gasteiger charge is -2.27. The van der Waals surface area contributed by atoms with Crippen LogP contribution in [0.1, 0.15) is 33.6 Å². The highest BCUT2D eigenvalue weighted by atomic mass is 19.4. The number of carbonyl (C=O) groups is 2. The van der Waals surface area contributed by atoms with E-state index in [4.69, 9.17) is 15.9 Å². The van der Waals surface area contributed by atoms with Crippen LogP contribution < -0.4 is 5.32 Å². The van der Waals surface area contributed by atoms with E-state index < -0.39 is 23.8 Å². The first-order valence-corrected chi connectivity index (χ1v) is 7.81. The fraction of sp³-hybridized carbons (Fsp3) is 0.750. The van der Waals surface area contributed by atoms with E-state index >= 15 is 0 Å². The number of hydrogen-bond acceptors (Lipinski definition) is 4. The molecule has 0 aromatic heterocycles. The van der Waals surface area contributed by atoms with Crippen LogP contribution in [0, 0.1) is 12.3 Å². The zero-order valence-corrected chi connectivity index (χ0v) is 14.7. The van der Waals surface area contributed by atoms with E-state index in [1.807, 2.05) is 0 Å². The third-order valence-electron chi connectivity index (χ3n) is 2.69. The highest BCUT2D eigenvalue weighted by Gasteiger charge is 2.38. The normalized spacial score (nSPS) is 11.6. The molecule has 0 saturated heterocycles. The lowest BCUT2D eigenvalue weighted by Crippen LogP contribution is -2.39. The molecule has 9 heteroatoms. The summed E-state index contributed by atoms with van der Waals surface area (Å²) in [5.74, 6) is 0.460. The van der Waals surface area contributed by atoms with Gasteiger partial charge in [-0.15, -0.1) is 12.3 Å². The van der Waals surface area contributed by atoms with E-state index in [0.717, 1.165) is 0 Å². The molecule has 25 heavy (non-hydrogen) atoms. The molecule has 0 bridgehead atoms. The van der Waals surface area contributed by atoms with Gasteiger partial charge in [0.15, 0.2) is 0 Å². The Morgan fingerprint density at radius 3 is 2.32 bits per heavy atom. The van der Waals surface area contributed by atoms with Crippen molar-refractivity contribution < 1.29 is 32.2 Å². The minimum absolute atomic E-state index is 0.148. The number of rotatable bonds is 9. The van der Waals surface area contributed by atoms with Gasteiger partial charge in [-0.05, 0) is 27.2 Å². The van der Waals surface area contributed by atoms with Gasteiger partial charge in [0.2, 0.25) is 0 Å². The first-order chi connectivity index (χ1) is 11.5. The van der Waals surface area contributed by atoms with E-state index in [2.05, 4.69) is 5.92 Å². The minimum Gasteiger partial charge on any atom is -0.444 e. The zero-order chi connectivity index (χ0) is 19.5. The predicted molar refractivity (Wildman–Crippen MR) is 85.8 cm³/mol. The van der Waals surface area contributed by atoms with Crippen LogP contribution in [0.5, 0.6) is 0 Å². The summed E-state index contributed by atoms with van der Waals surface area (Å²) in [6.45, 7) is 5.97. The largest absolute Gasteiger partial charge is 0.471 e. The monoisotopic (exact) mass is 366 g/mol. The quantitative estimate of drug-likeness (QED) is 0.502. The molecule has 0 aliphatic carbocycles. The zero-order valence-electron chi connectivity index (χ0n) is 14.7. The van der Waals surface area contributed by atoms with E-state index in [1.54, 1.807) is 26.1 Å². The molecular weight excluding hydrogens is 341 g/mol. The summed E-state index contributed by atoms with van der Waals surface area (Å²) in [6, 6.07) is 0. The van der Waals surface area contributed by atoms with E-state index in [0.29, 0.717) is 13.0 Å².